The highest BCUT2D eigenvalue weighted by atomic mass is 32.2. The molecule has 8 heteroatoms. The van der Waals surface area contributed by atoms with Crippen LogP contribution in [0.25, 0.3) is 0 Å². The molecule has 0 radical (unpaired) electrons. The number of carbonyl (C=O) groups excluding carboxylic acids is 1. The highest BCUT2D eigenvalue weighted by molar-refractivity contribution is 7.89. The van der Waals surface area contributed by atoms with Crippen LogP contribution in [-0.4, -0.2) is 38.3 Å². The molecule has 0 bridgehead atoms. The van der Waals surface area contributed by atoms with Crippen LogP contribution in [0.15, 0.2) is 6.07 Å². The number of nitrogens with one attached hydrogen (secondary N) is 1. The summed E-state index contributed by atoms with van der Waals surface area (Å²) in [5, 5.41) is 16.0. The summed E-state index contributed by atoms with van der Waals surface area (Å²) in [5.74, 6) is 5.02. The third-order valence-corrected chi connectivity index (χ3v) is 4.18. The van der Waals surface area contributed by atoms with Gasteiger partial charge >= 0.3 is 0 Å². The van der Waals surface area contributed by atoms with Gasteiger partial charge in [0.25, 0.3) is 5.91 Å². The number of amides is 1. The molecule has 110 valence electrons. The first-order chi connectivity index (χ1) is 9.33. The van der Waals surface area contributed by atoms with Gasteiger partial charge in [-0.15, -0.1) is 11.3 Å². The van der Waals surface area contributed by atoms with Crippen molar-refractivity contribution in [2.45, 2.75) is 13.3 Å². The number of hydrogen-bond acceptors (Lipinski definition) is 5. The lowest BCUT2D eigenvalue weighted by Crippen LogP contribution is -2.31. The highest BCUT2D eigenvalue weighted by Gasteiger charge is 2.12. The van der Waals surface area contributed by atoms with E-state index >= 15 is 0 Å². The second kappa shape index (κ2) is 7.40. The predicted octanol–water partition coefficient (Wildman–Crippen LogP) is -0.191. The van der Waals surface area contributed by atoms with E-state index in [9.17, 15) is 13.2 Å². The van der Waals surface area contributed by atoms with Gasteiger partial charge in [0, 0.05) is 13.0 Å². The molecule has 0 spiro atoms. The fourth-order valence-corrected chi connectivity index (χ4v) is 2.66. The number of nitrogens with two attached hydrogens (primary N) is 1. The Kier molecular flexibility index (Phi) is 6.16. The first kappa shape index (κ1) is 16.7. The Morgan fingerprint density at radius 1 is 1.55 bits per heavy atom. The van der Waals surface area contributed by atoms with Crippen LogP contribution in [0.1, 0.15) is 26.5 Å². The fraction of sp³-hybridized carbons (Fsp3) is 0.417. The lowest BCUT2D eigenvalue weighted by molar-refractivity contribution is 0.0960. The van der Waals surface area contributed by atoms with Gasteiger partial charge < -0.3 is 10.4 Å². The van der Waals surface area contributed by atoms with Crippen molar-refractivity contribution in [2.75, 3.05) is 18.9 Å². The van der Waals surface area contributed by atoms with Crippen molar-refractivity contribution in [3.05, 3.63) is 21.4 Å². The predicted molar refractivity (Wildman–Crippen MR) is 77.9 cm³/mol. The Morgan fingerprint density at radius 2 is 2.25 bits per heavy atom. The molecule has 1 aromatic heterocycles. The number of thiophene rings is 1. The molecule has 4 N–H and O–H groups in total. The van der Waals surface area contributed by atoms with Crippen molar-refractivity contribution >= 4 is 27.3 Å². The Balaban J connectivity index is 2.66. The number of aryl methyl sites for hydroxylation is 1. The van der Waals surface area contributed by atoms with E-state index in [4.69, 9.17) is 10.2 Å². The van der Waals surface area contributed by atoms with E-state index in [2.05, 4.69) is 17.2 Å². The molecule has 20 heavy (non-hydrogen) atoms. The summed E-state index contributed by atoms with van der Waals surface area (Å²) in [6.45, 7) is 1.80. The van der Waals surface area contributed by atoms with E-state index in [0.29, 0.717) is 11.3 Å². The quantitative estimate of drug-likeness (QED) is 0.654. The number of sulfonamides is 1. The Hall–Kier alpha value is -1.40. The number of rotatable bonds is 5. The lowest BCUT2D eigenvalue weighted by Gasteiger charge is -2.01. The zero-order valence-electron chi connectivity index (χ0n) is 11.0. The molecule has 0 atom stereocenters. The summed E-state index contributed by atoms with van der Waals surface area (Å²) < 4.78 is 21.5. The largest absolute Gasteiger partial charge is 0.395 e. The van der Waals surface area contributed by atoms with Crippen molar-refractivity contribution in [2.24, 2.45) is 5.14 Å². The van der Waals surface area contributed by atoms with Crippen LogP contribution in [0.5, 0.6) is 0 Å². The molecule has 6 nitrogen and oxygen atoms in total. The molecule has 0 aliphatic carbocycles. The summed E-state index contributed by atoms with van der Waals surface area (Å²) in [4.78, 5) is 13.0. The maximum atomic E-state index is 11.8. The first-order valence-electron chi connectivity index (χ1n) is 5.82. The monoisotopic (exact) mass is 316 g/mol. The van der Waals surface area contributed by atoms with Crippen molar-refractivity contribution in [1.82, 2.24) is 5.32 Å². The molecule has 1 amide bonds. The minimum Gasteiger partial charge on any atom is -0.395 e. The van der Waals surface area contributed by atoms with Gasteiger partial charge in [-0.1, -0.05) is 11.8 Å². The smallest absolute Gasteiger partial charge is 0.261 e. The number of hydrogen-bond donors (Lipinski definition) is 3. The number of aliphatic hydroxyl groups excluding tert-OH is 1. The van der Waals surface area contributed by atoms with E-state index in [1.165, 1.54) is 11.3 Å². The van der Waals surface area contributed by atoms with E-state index in [1.54, 1.807) is 6.07 Å². The van der Waals surface area contributed by atoms with Crippen LogP contribution in [0, 0.1) is 18.8 Å². The van der Waals surface area contributed by atoms with Crippen LogP contribution in [0.3, 0.4) is 0 Å². The second-order valence-corrected chi connectivity index (χ2v) is 6.81. The number of primary sulfonamides is 1. The molecule has 1 heterocycles. The highest BCUT2D eigenvalue weighted by Crippen LogP contribution is 2.20. The third kappa shape index (κ3) is 5.71. The Bertz CT molecular complexity index is 638. The Labute approximate surface area is 122 Å². The molecule has 0 aliphatic rings. The summed E-state index contributed by atoms with van der Waals surface area (Å²) in [7, 11) is -3.58. The van der Waals surface area contributed by atoms with Gasteiger partial charge in [-0.05, 0) is 18.6 Å². The minimum absolute atomic E-state index is 0.00166. The maximum Gasteiger partial charge on any atom is 0.261 e. The molecule has 1 aromatic rings. The molecule has 0 fully saturated rings. The topological polar surface area (TPSA) is 109 Å². The van der Waals surface area contributed by atoms with Crippen molar-refractivity contribution in [3.63, 3.8) is 0 Å². The molecule has 0 aromatic carbocycles. The first-order valence-corrected chi connectivity index (χ1v) is 8.35. The van der Waals surface area contributed by atoms with Gasteiger partial charge in [-0.2, -0.15) is 0 Å². The zero-order chi connectivity index (χ0) is 15.2. The number of carbonyl (C=O) groups is 1. The van der Waals surface area contributed by atoms with Gasteiger partial charge in [0.1, 0.15) is 0 Å². The van der Waals surface area contributed by atoms with Crippen LogP contribution in [0.2, 0.25) is 0 Å². The second-order valence-electron chi connectivity index (χ2n) is 4.02. The van der Waals surface area contributed by atoms with Gasteiger partial charge in [-0.3, -0.25) is 4.79 Å². The van der Waals surface area contributed by atoms with E-state index < -0.39 is 10.0 Å². The van der Waals surface area contributed by atoms with Crippen molar-refractivity contribution in [1.29, 1.82) is 0 Å². The van der Waals surface area contributed by atoms with Gasteiger partial charge in [-0.25, -0.2) is 13.6 Å². The molecular formula is C12H16N2O4S2. The van der Waals surface area contributed by atoms with Crippen LogP contribution in [-0.2, 0) is 10.0 Å². The maximum absolute atomic E-state index is 11.8. The van der Waals surface area contributed by atoms with Crippen molar-refractivity contribution in [3.8, 4) is 11.8 Å². The minimum atomic E-state index is -3.58. The summed E-state index contributed by atoms with van der Waals surface area (Å²) in [6, 6.07) is 1.69. The molecule has 0 saturated heterocycles. The van der Waals surface area contributed by atoms with Crippen molar-refractivity contribution < 1.29 is 18.3 Å². The molecule has 1 rings (SSSR count). The zero-order valence-corrected chi connectivity index (χ0v) is 12.6. The van der Waals surface area contributed by atoms with Crippen LogP contribution in [0.4, 0.5) is 0 Å². The summed E-state index contributed by atoms with van der Waals surface area (Å²) in [5.41, 5.74) is 0.872. The average molecular weight is 316 g/mol. The third-order valence-electron chi connectivity index (χ3n) is 2.25. The average Bonchev–Trinajstić information content (AvgIpc) is 2.70. The normalized spacial score (nSPS) is 10.8. The van der Waals surface area contributed by atoms with E-state index in [-0.39, 0.29) is 24.8 Å². The molecule has 0 aliphatic heterocycles. The van der Waals surface area contributed by atoms with Gasteiger partial charge in [0.15, 0.2) is 0 Å². The summed E-state index contributed by atoms with van der Waals surface area (Å²) in [6.07, 6.45) is 0.382. The Morgan fingerprint density at radius 3 is 2.85 bits per heavy atom. The SMILES string of the molecule is Cc1cc(C(=O)NCCS(N)(=O)=O)sc1C#CCCO. The van der Waals surface area contributed by atoms with E-state index in [0.717, 1.165) is 10.4 Å². The molecular weight excluding hydrogens is 300 g/mol. The molecule has 0 unspecified atom stereocenters. The lowest BCUT2D eigenvalue weighted by atomic mass is 10.2. The number of aliphatic hydroxyl groups is 1. The van der Waals surface area contributed by atoms with Crippen LogP contribution >= 0.6 is 11.3 Å². The standard InChI is InChI=1S/C12H16N2O4S2/c1-9-8-11(19-10(9)4-2-3-6-15)12(16)14-5-7-20(13,17)18/h8,15H,3,5-7H2,1H3,(H,14,16)(H2,13,17,18). The van der Waals surface area contributed by atoms with Crippen LogP contribution < -0.4 is 10.5 Å². The van der Waals surface area contributed by atoms with Gasteiger partial charge in [0.2, 0.25) is 10.0 Å². The van der Waals surface area contributed by atoms with Gasteiger partial charge in [0.05, 0.1) is 22.1 Å². The summed E-state index contributed by atoms with van der Waals surface area (Å²) >= 11 is 1.23. The fourth-order valence-electron chi connectivity index (χ4n) is 1.31. The molecule has 0 saturated carbocycles. The van der Waals surface area contributed by atoms with E-state index in [1.807, 2.05) is 6.92 Å².